The lowest BCUT2D eigenvalue weighted by molar-refractivity contribution is 0.423. The number of nitrogens with one attached hydrogen (secondary N) is 1. The molecule has 2 fully saturated rings. The molecule has 1 aromatic heterocycles. The topological polar surface area (TPSA) is 67.1 Å². The minimum absolute atomic E-state index is 0.506. The van der Waals surface area contributed by atoms with Crippen LogP contribution in [0, 0.1) is 6.92 Å². The first kappa shape index (κ1) is 13.6. The molecular formula is C15H25N5. The summed E-state index contributed by atoms with van der Waals surface area (Å²) in [6, 6.07) is 0.573. The van der Waals surface area contributed by atoms with Crippen LogP contribution >= 0.6 is 0 Å². The van der Waals surface area contributed by atoms with E-state index in [4.69, 9.17) is 10.7 Å². The lowest BCUT2D eigenvalue weighted by Gasteiger charge is -2.41. The number of hydrogen-bond donors (Lipinski definition) is 2. The molecule has 0 atom stereocenters. The molecule has 110 valence electrons. The molecule has 5 nitrogen and oxygen atoms in total. The van der Waals surface area contributed by atoms with E-state index in [9.17, 15) is 0 Å². The van der Waals surface area contributed by atoms with E-state index in [0.29, 0.717) is 17.8 Å². The van der Waals surface area contributed by atoms with Gasteiger partial charge in [-0.1, -0.05) is 19.3 Å². The highest BCUT2D eigenvalue weighted by Gasteiger charge is 2.29. The van der Waals surface area contributed by atoms with E-state index in [1.54, 1.807) is 0 Å². The van der Waals surface area contributed by atoms with Gasteiger partial charge in [-0.25, -0.2) is 9.97 Å². The van der Waals surface area contributed by atoms with Gasteiger partial charge in [0.05, 0.1) is 0 Å². The monoisotopic (exact) mass is 275 g/mol. The molecule has 0 aromatic carbocycles. The molecule has 0 spiro atoms. The van der Waals surface area contributed by atoms with Crippen LogP contribution in [0.4, 0.5) is 11.6 Å². The Morgan fingerprint density at radius 1 is 1.15 bits per heavy atom. The number of nitrogen functional groups attached to an aromatic ring is 1. The second-order valence-corrected chi connectivity index (χ2v) is 6.14. The Balaban J connectivity index is 1.84. The molecule has 0 unspecified atom stereocenters. The van der Waals surface area contributed by atoms with E-state index >= 15 is 0 Å². The highest BCUT2D eigenvalue weighted by atomic mass is 15.3. The van der Waals surface area contributed by atoms with Gasteiger partial charge in [-0.05, 0) is 26.8 Å². The van der Waals surface area contributed by atoms with Crippen molar-refractivity contribution < 1.29 is 0 Å². The van der Waals surface area contributed by atoms with Gasteiger partial charge in [0, 0.05) is 30.6 Å². The third-order valence-electron chi connectivity index (χ3n) is 4.73. The van der Waals surface area contributed by atoms with Crippen molar-refractivity contribution in [3.8, 4) is 0 Å². The molecule has 1 saturated carbocycles. The average molecular weight is 275 g/mol. The summed E-state index contributed by atoms with van der Waals surface area (Å²) in [6.45, 7) is 4.05. The lowest BCUT2D eigenvalue weighted by atomic mass is 9.88. The number of rotatable bonds is 3. The van der Waals surface area contributed by atoms with Gasteiger partial charge in [0.2, 0.25) is 0 Å². The van der Waals surface area contributed by atoms with E-state index in [1.807, 2.05) is 14.0 Å². The van der Waals surface area contributed by atoms with E-state index in [1.165, 1.54) is 32.1 Å². The van der Waals surface area contributed by atoms with Crippen molar-refractivity contribution in [3.05, 3.63) is 11.4 Å². The average Bonchev–Trinajstić information content (AvgIpc) is 2.43. The number of hydrogen-bond acceptors (Lipinski definition) is 5. The van der Waals surface area contributed by atoms with Gasteiger partial charge in [0.15, 0.2) is 0 Å². The molecular weight excluding hydrogens is 250 g/mol. The molecule has 1 aromatic rings. The van der Waals surface area contributed by atoms with E-state index in [0.717, 1.165) is 30.3 Å². The van der Waals surface area contributed by atoms with Gasteiger partial charge in [0.25, 0.3) is 0 Å². The Bertz CT molecular complexity index is 475. The molecule has 1 aliphatic heterocycles. The van der Waals surface area contributed by atoms with Gasteiger partial charge < -0.3 is 16.0 Å². The maximum Gasteiger partial charge on any atom is 0.137 e. The quantitative estimate of drug-likeness (QED) is 0.881. The third-order valence-corrected chi connectivity index (χ3v) is 4.73. The number of aromatic nitrogens is 2. The van der Waals surface area contributed by atoms with Crippen LogP contribution in [-0.4, -0.2) is 36.1 Å². The van der Waals surface area contributed by atoms with Crippen molar-refractivity contribution in [2.75, 3.05) is 30.8 Å². The zero-order valence-electron chi connectivity index (χ0n) is 12.5. The van der Waals surface area contributed by atoms with Crippen LogP contribution in [-0.2, 0) is 0 Å². The summed E-state index contributed by atoms with van der Waals surface area (Å²) in [4.78, 5) is 11.7. The zero-order valence-corrected chi connectivity index (χ0v) is 12.5. The molecule has 0 bridgehead atoms. The van der Waals surface area contributed by atoms with Crippen molar-refractivity contribution in [2.45, 2.75) is 51.0 Å². The molecule has 2 heterocycles. The summed E-state index contributed by atoms with van der Waals surface area (Å²) >= 11 is 0. The van der Waals surface area contributed by atoms with Crippen LogP contribution in [0.5, 0.6) is 0 Å². The normalized spacial score (nSPS) is 21.0. The van der Waals surface area contributed by atoms with E-state index in [-0.39, 0.29) is 0 Å². The van der Waals surface area contributed by atoms with E-state index < -0.39 is 0 Å². The first-order chi connectivity index (χ1) is 9.69. The largest absolute Gasteiger partial charge is 0.383 e. The summed E-state index contributed by atoms with van der Waals surface area (Å²) in [5, 5.41) is 3.30. The van der Waals surface area contributed by atoms with Crippen molar-refractivity contribution in [1.82, 2.24) is 15.3 Å². The summed E-state index contributed by atoms with van der Waals surface area (Å²) < 4.78 is 0. The molecule has 3 rings (SSSR count). The Hall–Kier alpha value is -1.36. The smallest absolute Gasteiger partial charge is 0.137 e. The van der Waals surface area contributed by atoms with Crippen molar-refractivity contribution in [2.24, 2.45) is 0 Å². The van der Waals surface area contributed by atoms with Gasteiger partial charge in [-0.2, -0.15) is 0 Å². The zero-order chi connectivity index (χ0) is 14.1. The summed E-state index contributed by atoms with van der Waals surface area (Å²) in [6.07, 6.45) is 6.36. The maximum absolute atomic E-state index is 6.12. The van der Waals surface area contributed by atoms with Crippen molar-refractivity contribution >= 4 is 11.6 Å². The van der Waals surface area contributed by atoms with Crippen LogP contribution in [0.2, 0.25) is 0 Å². The highest BCUT2D eigenvalue weighted by Crippen LogP contribution is 2.34. The van der Waals surface area contributed by atoms with Gasteiger partial charge in [0.1, 0.15) is 17.5 Å². The Kier molecular flexibility index (Phi) is 3.78. The lowest BCUT2D eigenvalue weighted by Crippen LogP contribution is -2.57. The fourth-order valence-electron chi connectivity index (χ4n) is 3.22. The molecule has 5 heteroatoms. The number of nitrogens with zero attached hydrogens (tertiary/aromatic N) is 3. The van der Waals surface area contributed by atoms with Gasteiger partial charge in [-0.15, -0.1) is 0 Å². The summed E-state index contributed by atoms with van der Waals surface area (Å²) in [5.41, 5.74) is 7.15. The number of likely N-dealkylation sites (N-methyl/N-ethyl adjacent to an activating group) is 1. The fraction of sp³-hybridized carbons (Fsp3) is 0.733. The second kappa shape index (κ2) is 5.56. The van der Waals surface area contributed by atoms with Gasteiger partial charge >= 0.3 is 0 Å². The number of nitrogens with two attached hydrogens (primary N) is 1. The first-order valence-corrected chi connectivity index (χ1v) is 7.75. The fourth-order valence-corrected chi connectivity index (χ4v) is 3.22. The molecule has 1 saturated heterocycles. The SMILES string of the molecule is CNC1CN(c2nc(C3CCCCC3)nc(N)c2C)C1. The predicted molar refractivity (Wildman–Crippen MR) is 82.1 cm³/mol. The maximum atomic E-state index is 6.12. The van der Waals surface area contributed by atoms with Crippen LogP contribution in [0.25, 0.3) is 0 Å². The van der Waals surface area contributed by atoms with Crippen LogP contribution in [0.3, 0.4) is 0 Å². The predicted octanol–water partition coefficient (Wildman–Crippen LogP) is 1.82. The molecule has 20 heavy (non-hydrogen) atoms. The molecule has 1 aliphatic carbocycles. The highest BCUT2D eigenvalue weighted by molar-refractivity contribution is 5.58. The molecule has 0 radical (unpaired) electrons. The van der Waals surface area contributed by atoms with Crippen LogP contribution in [0.1, 0.15) is 49.4 Å². The summed E-state index contributed by atoms with van der Waals surface area (Å²) in [5.74, 6) is 3.18. The first-order valence-electron chi connectivity index (χ1n) is 7.75. The minimum atomic E-state index is 0.506. The standard InChI is InChI=1S/C15H25N5/c1-10-13(16)18-14(11-6-4-3-5-7-11)19-15(10)20-8-12(9-20)17-2/h11-12,17H,3-9H2,1-2H3,(H2,16,18,19). The van der Waals surface area contributed by atoms with Crippen molar-refractivity contribution in [3.63, 3.8) is 0 Å². The Morgan fingerprint density at radius 3 is 2.50 bits per heavy atom. The van der Waals surface area contributed by atoms with Gasteiger partial charge in [-0.3, -0.25) is 0 Å². The van der Waals surface area contributed by atoms with Crippen LogP contribution in [0.15, 0.2) is 0 Å². The summed E-state index contributed by atoms with van der Waals surface area (Å²) in [7, 11) is 2.01. The molecule has 0 amide bonds. The second-order valence-electron chi connectivity index (χ2n) is 6.14. The Labute approximate surface area is 121 Å². The third kappa shape index (κ3) is 2.46. The van der Waals surface area contributed by atoms with Crippen LogP contribution < -0.4 is 16.0 Å². The number of anilines is 2. The molecule has 2 aliphatic rings. The van der Waals surface area contributed by atoms with Crippen molar-refractivity contribution in [1.29, 1.82) is 0 Å². The van der Waals surface area contributed by atoms with E-state index in [2.05, 4.69) is 15.2 Å². The molecule has 3 N–H and O–H groups in total. The Morgan fingerprint density at radius 2 is 1.85 bits per heavy atom. The minimum Gasteiger partial charge on any atom is -0.383 e.